The molecule has 1 saturated carbocycles. The van der Waals surface area contributed by atoms with Crippen LogP contribution in [0.3, 0.4) is 0 Å². The molecular weight excluding hydrogens is 262 g/mol. The van der Waals surface area contributed by atoms with Crippen molar-refractivity contribution in [3.8, 4) is 0 Å². The fourth-order valence-corrected chi connectivity index (χ4v) is 3.22. The third kappa shape index (κ3) is 3.21. The summed E-state index contributed by atoms with van der Waals surface area (Å²) < 4.78 is 5.82. The monoisotopic (exact) mass is 287 g/mol. The highest BCUT2D eigenvalue weighted by Crippen LogP contribution is 2.36. The van der Waals surface area contributed by atoms with Gasteiger partial charge in [-0.05, 0) is 50.3 Å². The number of hydrogen-bond acceptors (Lipinski definition) is 4. The highest BCUT2D eigenvalue weighted by molar-refractivity contribution is 5.76. The molecule has 0 bridgehead atoms. The van der Waals surface area contributed by atoms with Gasteiger partial charge in [0.05, 0.1) is 6.54 Å². The fraction of sp³-hybridized carbons (Fsp3) is 0.588. The average Bonchev–Trinajstić information content (AvgIpc) is 2.79. The minimum atomic E-state index is 0.506. The van der Waals surface area contributed by atoms with E-state index in [9.17, 15) is 0 Å². The van der Waals surface area contributed by atoms with Crippen LogP contribution in [0.2, 0.25) is 0 Å². The van der Waals surface area contributed by atoms with E-state index >= 15 is 0 Å². The minimum Gasteiger partial charge on any atom is -0.439 e. The SMILES string of the molecule is CN(Cc1nc2ccc(N)cc2o1)C1CCC(C)(C)CC1. The molecule has 1 aliphatic carbocycles. The lowest BCUT2D eigenvalue weighted by atomic mass is 9.75. The van der Waals surface area contributed by atoms with E-state index in [4.69, 9.17) is 10.2 Å². The molecule has 1 fully saturated rings. The van der Waals surface area contributed by atoms with Crippen LogP contribution in [0.5, 0.6) is 0 Å². The first-order chi connectivity index (χ1) is 9.93. The Balaban J connectivity index is 1.67. The van der Waals surface area contributed by atoms with Crippen LogP contribution in [0.15, 0.2) is 22.6 Å². The van der Waals surface area contributed by atoms with E-state index in [1.54, 1.807) is 0 Å². The largest absolute Gasteiger partial charge is 0.439 e. The number of benzene rings is 1. The number of anilines is 1. The van der Waals surface area contributed by atoms with Crippen molar-refractivity contribution in [1.82, 2.24) is 9.88 Å². The Morgan fingerprint density at radius 1 is 1.33 bits per heavy atom. The molecule has 0 aliphatic heterocycles. The van der Waals surface area contributed by atoms with Crippen LogP contribution in [0.25, 0.3) is 11.1 Å². The molecule has 4 heteroatoms. The van der Waals surface area contributed by atoms with Gasteiger partial charge in [0.2, 0.25) is 5.89 Å². The van der Waals surface area contributed by atoms with Crippen molar-refractivity contribution in [2.45, 2.75) is 52.1 Å². The molecule has 1 aliphatic rings. The van der Waals surface area contributed by atoms with Crippen molar-refractivity contribution in [3.05, 3.63) is 24.1 Å². The molecule has 0 atom stereocenters. The number of hydrogen-bond donors (Lipinski definition) is 1. The van der Waals surface area contributed by atoms with E-state index < -0.39 is 0 Å². The first kappa shape index (κ1) is 14.4. The zero-order valence-corrected chi connectivity index (χ0v) is 13.2. The van der Waals surface area contributed by atoms with Crippen molar-refractivity contribution >= 4 is 16.8 Å². The molecule has 0 radical (unpaired) electrons. The van der Waals surface area contributed by atoms with Crippen LogP contribution in [0.1, 0.15) is 45.4 Å². The summed E-state index contributed by atoms with van der Waals surface area (Å²) in [4.78, 5) is 6.93. The number of rotatable bonds is 3. The van der Waals surface area contributed by atoms with Crippen molar-refractivity contribution in [2.24, 2.45) is 5.41 Å². The van der Waals surface area contributed by atoms with Crippen molar-refractivity contribution in [2.75, 3.05) is 12.8 Å². The molecule has 1 aromatic heterocycles. The molecule has 0 saturated heterocycles. The Kier molecular flexibility index (Phi) is 3.66. The number of oxazole rings is 1. The number of fused-ring (bicyclic) bond motifs is 1. The van der Waals surface area contributed by atoms with Crippen LogP contribution < -0.4 is 5.73 Å². The number of nitrogen functional groups attached to an aromatic ring is 1. The number of nitrogens with zero attached hydrogens (tertiary/aromatic N) is 2. The summed E-state index contributed by atoms with van der Waals surface area (Å²) in [5.74, 6) is 0.780. The van der Waals surface area contributed by atoms with Gasteiger partial charge in [0.15, 0.2) is 5.58 Å². The number of nitrogens with two attached hydrogens (primary N) is 1. The van der Waals surface area contributed by atoms with Gasteiger partial charge >= 0.3 is 0 Å². The van der Waals surface area contributed by atoms with E-state index in [-0.39, 0.29) is 0 Å². The molecule has 1 heterocycles. The van der Waals surface area contributed by atoms with Crippen LogP contribution in [0.4, 0.5) is 5.69 Å². The lowest BCUT2D eigenvalue weighted by Crippen LogP contribution is -2.36. The zero-order chi connectivity index (χ0) is 15.0. The molecule has 0 unspecified atom stereocenters. The maximum atomic E-state index is 5.82. The maximum absolute atomic E-state index is 5.82. The summed E-state index contributed by atoms with van der Waals surface area (Å²) >= 11 is 0. The van der Waals surface area contributed by atoms with E-state index in [1.165, 1.54) is 25.7 Å². The predicted octanol–water partition coefficient (Wildman–Crippen LogP) is 3.81. The molecule has 21 heavy (non-hydrogen) atoms. The van der Waals surface area contributed by atoms with Crippen LogP contribution in [0, 0.1) is 5.41 Å². The average molecular weight is 287 g/mol. The molecular formula is C17H25N3O. The van der Waals surface area contributed by atoms with Crippen molar-refractivity contribution in [1.29, 1.82) is 0 Å². The molecule has 2 aromatic rings. The number of aromatic nitrogens is 1. The second-order valence-corrected chi connectivity index (χ2v) is 7.15. The van der Waals surface area contributed by atoms with E-state index in [0.29, 0.717) is 17.1 Å². The van der Waals surface area contributed by atoms with E-state index in [0.717, 1.165) is 23.5 Å². The smallest absolute Gasteiger partial charge is 0.209 e. The standard InChI is InChI=1S/C17H25N3O/c1-17(2)8-6-13(7-9-17)20(3)11-16-19-14-5-4-12(18)10-15(14)21-16/h4-5,10,13H,6-9,11,18H2,1-3H3. The summed E-state index contributed by atoms with van der Waals surface area (Å²) in [7, 11) is 2.17. The Morgan fingerprint density at radius 2 is 2.05 bits per heavy atom. The minimum absolute atomic E-state index is 0.506. The van der Waals surface area contributed by atoms with Gasteiger partial charge in [0.25, 0.3) is 0 Å². The molecule has 114 valence electrons. The fourth-order valence-electron chi connectivity index (χ4n) is 3.22. The molecule has 0 amide bonds. The highest BCUT2D eigenvalue weighted by Gasteiger charge is 2.29. The lowest BCUT2D eigenvalue weighted by molar-refractivity contribution is 0.116. The summed E-state index contributed by atoms with van der Waals surface area (Å²) in [6.07, 6.45) is 5.12. The summed E-state index contributed by atoms with van der Waals surface area (Å²) in [6, 6.07) is 6.26. The van der Waals surface area contributed by atoms with Crippen LogP contribution in [-0.4, -0.2) is 23.0 Å². The summed E-state index contributed by atoms with van der Waals surface area (Å²) in [6.45, 7) is 5.50. The third-order valence-electron chi connectivity index (χ3n) is 4.77. The molecule has 1 aromatic carbocycles. The molecule has 4 nitrogen and oxygen atoms in total. The van der Waals surface area contributed by atoms with Gasteiger partial charge < -0.3 is 10.2 Å². The summed E-state index contributed by atoms with van der Waals surface area (Å²) in [5, 5.41) is 0. The molecule has 0 spiro atoms. The van der Waals surface area contributed by atoms with Gasteiger partial charge in [0.1, 0.15) is 5.52 Å². The second-order valence-electron chi connectivity index (χ2n) is 7.15. The van der Waals surface area contributed by atoms with Crippen LogP contribution >= 0.6 is 0 Å². The quantitative estimate of drug-likeness (QED) is 0.872. The zero-order valence-electron chi connectivity index (χ0n) is 13.2. The first-order valence-electron chi connectivity index (χ1n) is 7.78. The first-order valence-corrected chi connectivity index (χ1v) is 7.78. The lowest BCUT2D eigenvalue weighted by Gasteiger charge is -2.38. The highest BCUT2D eigenvalue weighted by atomic mass is 16.3. The van der Waals surface area contributed by atoms with Gasteiger partial charge in [0, 0.05) is 17.8 Å². The van der Waals surface area contributed by atoms with Gasteiger partial charge in [-0.2, -0.15) is 0 Å². The van der Waals surface area contributed by atoms with Crippen molar-refractivity contribution in [3.63, 3.8) is 0 Å². The Labute approximate surface area is 126 Å². The van der Waals surface area contributed by atoms with E-state index in [2.05, 4.69) is 30.8 Å². The Hall–Kier alpha value is -1.55. The van der Waals surface area contributed by atoms with Gasteiger partial charge in [-0.25, -0.2) is 4.98 Å². The normalized spacial score (nSPS) is 19.4. The topological polar surface area (TPSA) is 55.3 Å². The molecule has 2 N–H and O–H groups in total. The van der Waals surface area contributed by atoms with Crippen molar-refractivity contribution < 1.29 is 4.42 Å². The van der Waals surface area contributed by atoms with E-state index in [1.807, 2.05) is 18.2 Å². The molecule has 3 rings (SSSR count). The maximum Gasteiger partial charge on any atom is 0.209 e. The Morgan fingerprint density at radius 3 is 2.76 bits per heavy atom. The predicted molar refractivity (Wildman–Crippen MR) is 85.9 cm³/mol. The van der Waals surface area contributed by atoms with Gasteiger partial charge in [-0.3, -0.25) is 4.90 Å². The van der Waals surface area contributed by atoms with Gasteiger partial charge in [-0.15, -0.1) is 0 Å². The van der Waals surface area contributed by atoms with Crippen LogP contribution in [-0.2, 0) is 6.54 Å². The summed E-state index contributed by atoms with van der Waals surface area (Å²) in [5.41, 5.74) is 8.67. The van der Waals surface area contributed by atoms with Gasteiger partial charge in [-0.1, -0.05) is 13.8 Å². The Bertz CT molecular complexity index is 622. The second kappa shape index (κ2) is 5.34. The third-order valence-corrected chi connectivity index (χ3v) is 4.77.